The molecular weight excluding hydrogens is 404 g/mol. The second kappa shape index (κ2) is 8.09. The Kier molecular flexibility index (Phi) is 5.13. The average molecular weight is 425 g/mol. The van der Waals surface area contributed by atoms with Gasteiger partial charge < -0.3 is 24.9 Å². The van der Waals surface area contributed by atoms with Crippen molar-refractivity contribution >= 4 is 11.0 Å². The fourth-order valence-electron chi connectivity index (χ4n) is 4.00. The third kappa shape index (κ3) is 4.01. The summed E-state index contributed by atoms with van der Waals surface area (Å²) in [4.78, 5) is 8.69. The lowest BCUT2D eigenvalue weighted by atomic mass is 10.1. The standard InChI is InChI=1S/C22H21F2N5O2/c23-14-1-6-20(18(24)11-14)30-16-2-4-17(5-3-16)31-22-21-19(26-13-27-22)8-10-29(21)15-7-9-28(25)12-15/h1-4,6,8,10-11,13,15,17,25,28H,5,7,9,12H2/t15-,17?/m0/s1. The van der Waals surface area contributed by atoms with Crippen molar-refractivity contribution in [2.24, 2.45) is 0 Å². The Labute approximate surface area is 177 Å². The van der Waals surface area contributed by atoms with Gasteiger partial charge in [0.25, 0.3) is 0 Å². The Morgan fingerprint density at radius 1 is 1.19 bits per heavy atom. The summed E-state index contributed by atoms with van der Waals surface area (Å²) in [5.74, 6) is 7.44. The number of nitrogens with zero attached hydrogens (tertiary/aromatic N) is 3. The Balaban J connectivity index is 1.31. The predicted molar refractivity (Wildman–Crippen MR) is 109 cm³/mol. The van der Waals surface area contributed by atoms with Crippen molar-refractivity contribution in [3.63, 3.8) is 0 Å². The van der Waals surface area contributed by atoms with Crippen molar-refractivity contribution in [1.82, 2.24) is 14.5 Å². The van der Waals surface area contributed by atoms with Crippen LogP contribution >= 0.6 is 0 Å². The second-order valence-corrected chi connectivity index (χ2v) is 7.67. The first-order valence-electron chi connectivity index (χ1n) is 10.1. The van der Waals surface area contributed by atoms with Crippen LogP contribution in [0.3, 0.4) is 0 Å². The first kappa shape index (κ1) is 19.7. The summed E-state index contributed by atoms with van der Waals surface area (Å²) in [6, 6.07) is 5.35. The van der Waals surface area contributed by atoms with E-state index in [2.05, 4.69) is 14.5 Å². The second-order valence-electron chi connectivity index (χ2n) is 7.67. The van der Waals surface area contributed by atoms with Gasteiger partial charge in [0.1, 0.15) is 29.5 Å². The van der Waals surface area contributed by atoms with E-state index in [1.165, 1.54) is 12.4 Å². The molecule has 9 heteroatoms. The molecule has 0 amide bonds. The number of fused-ring (bicyclic) bond motifs is 1. The molecule has 2 N–H and O–H groups in total. The molecule has 2 aliphatic rings. The molecule has 0 radical (unpaired) electrons. The minimum absolute atomic E-state index is 0.0332. The Hall–Kier alpha value is -3.30. The average Bonchev–Trinajstić information content (AvgIpc) is 3.38. The Bertz CT molecular complexity index is 1180. The quantitative estimate of drug-likeness (QED) is 0.681. The number of nitrogens with one attached hydrogen (secondary N) is 2. The van der Waals surface area contributed by atoms with Gasteiger partial charge in [0.2, 0.25) is 5.88 Å². The fourth-order valence-corrected chi connectivity index (χ4v) is 4.00. The van der Waals surface area contributed by atoms with E-state index in [4.69, 9.17) is 15.3 Å². The lowest BCUT2D eigenvalue weighted by Gasteiger charge is -2.20. The Morgan fingerprint density at radius 2 is 2.10 bits per heavy atom. The number of benzene rings is 1. The minimum atomic E-state index is -0.753. The van der Waals surface area contributed by atoms with Gasteiger partial charge in [-0.1, -0.05) is 0 Å². The fraction of sp³-hybridized carbons (Fsp3) is 0.273. The molecule has 0 saturated carbocycles. The number of rotatable bonds is 5. The van der Waals surface area contributed by atoms with Crippen LogP contribution in [0.5, 0.6) is 11.6 Å². The van der Waals surface area contributed by atoms with Crippen LogP contribution in [0.4, 0.5) is 8.78 Å². The van der Waals surface area contributed by atoms with E-state index in [-0.39, 0.29) is 17.9 Å². The summed E-state index contributed by atoms with van der Waals surface area (Å²) in [6.07, 6.45) is 9.94. The molecule has 2 aromatic heterocycles. The van der Waals surface area contributed by atoms with Crippen LogP contribution in [0.1, 0.15) is 18.9 Å². The third-order valence-corrected chi connectivity index (χ3v) is 5.53. The molecule has 1 saturated heterocycles. The molecule has 1 aliphatic heterocycles. The van der Waals surface area contributed by atoms with Gasteiger partial charge in [0, 0.05) is 25.1 Å². The van der Waals surface area contributed by atoms with Crippen molar-refractivity contribution in [2.75, 3.05) is 13.1 Å². The van der Waals surface area contributed by atoms with Crippen molar-refractivity contribution in [1.29, 1.82) is 0 Å². The number of quaternary nitrogens is 1. The summed E-state index contributed by atoms with van der Waals surface area (Å²) >= 11 is 0. The largest absolute Gasteiger partial charge is 0.469 e. The zero-order chi connectivity index (χ0) is 21.4. The van der Waals surface area contributed by atoms with Crippen molar-refractivity contribution in [2.45, 2.75) is 25.0 Å². The number of hydrogen-bond acceptors (Lipinski definition) is 4. The van der Waals surface area contributed by atoms with Gasteiger partial charge in [-0.3, -0.25) is 0 Å². The number of ether oxygens (including phenoxy) is 2. The highest BCUT2D eigenvalue weighted by atomic mass is 19.1. The summed E-state index contributed by atoms with van der Waals surface area (Å²) in [5, 5.41) is 0.761. The topological polar surface area (TPSA) is 77.4 Å². The molecule has 1 aliphatic carbocycles. The molecule has 7 nitrogen and oxygen atoms in total. The van der Waals surface area contributed by atoms with Gasteiger partial charge >= 0.3 is 0 Å². The van der Waals surface area contributed by atoms with Gasteiger partial charge in [-0.05, 0) is 36.4 Å². The number of hydrogen-bond donors (Lipinski definition) is 1. The highest BCUT2D eigenvalue weighted by Crippen LogP contribution is 2.29. The van der Waals surface area contributed by atoms with E-state index in [0.717, 1.165) is 47.7 Å². The molecule has 1 fully saturated rings. The minimum Gasteiger partial charge on any atom is -0.469 e. The zero-order valence-electron chi connectivity index (χ0n) is 16.6. The summed E-state index contributed by atoms with van der Waals surface area (Å²) in [6.45, 7) is 1.53. The zero-order valence-corrected chi connectivity index (χ0v) is 16.6. The van der Waals surface area contributed by atoms with Crippen molar-refractivity contribution < 1.29 is 23.3 Å². The smallest absolute Gasteiger partial charge is 0.242 e. The molecule has 0 bridgehead atoms. The molecule has 3 aromatic rings. The van der Waals surface area contributed by atoms with Crippen molar-refractivity contribution in [3.05, 3.63) is 78.3 Å². The first-order chi connectivity index (χ1) is 15.1. The summed E-state index contributed by atoms with van der Waals surface area (Å²) < 4.78 is 40.7. The van der Waals surface area contributed by atoms with Crippen LogP contribution in [0.25, 0.3) is 16.9 Å². The van der Waals surface area contributed by atoms with Crippen LogP contribution in [0.15, 0.2) is 60.8 Å². The van der Waals surface area contributed by atoms with Crippen LogP contribution < -0.4 is 14.5 Å². The van der Waals surface area contributed by atoms with Crippen LogP contribution in [-0.2, 0) is 0 Å². The summed E-state index contributed by atoms with van der Waals surface area (Å²) in [5.41, 5.74) is 1.63. The van der Waals surface area contributed by atoms with E-state index in [1.807, 2.05) is 18.3 Å². The molecule has 160 valence electrons. The highest BCUT2D eigenvalue weighted by Gasteiger charge is 2.26. The van der Waals surface area contributed by atoms with Crippen molar-refractivity contribution in [3.8, 4) is 11.6 Å². The molecule has 1 aromatic carbocycles. The van der Waals surface area contributed by atoms with Gasteiger partial charge in [0.15, 0.2) is 11.6 Å². The van der Waals surface area contributed by atoms with E-state index in [0.29, 0.717) is 18.1 Å². The third-order valence-electron chi connectivity index (χ3n) is 5.53. The van der Waals surface area contributed by atoms with Crippen LogP contribution in [-0.4, -0.2) is 33.7 Å². The van der Waals surface area contributed by atoms with Gasteiger partial charge in [-0.25, -0.2) is 13.8 Å². The molecular formula is C22H21F2N5O2. The Morgan fingerprint density at radius 3 is 2.84 bits per heavy atom. The van der Waals surface area contributed by atoms with Crippen LogP contribution in [0.2, 0.25) is 0 Å². The molecule has 3 atom stereocenters. The SMILES string of the molecule is [NH-][NH+]1CC[C@H](n2ccc3ncnc(OC4C=CC(Oc5ccc(F)cc5F)=CC4)c32)C1. The molecule has 3 heterocycles. The molecule has 5 rings (SSSR count). The normalized spacial score (nSPS) is 23.2. The maximum atomic E-state index is 13.8. The predicted octanol–water partition coefficient (Wildman–Crippen LogP) is 3.18. The monoisotopic (exact) mass is 425 g/mol. The van der Waals surface area contributed by atoms with E-state index < -0.39 is 11.6 Å². The van der Waals surface area contributed by atoms with Gasteiger partial charge in [0.05, 0.1) is 24.6 Å². The van der Waals surface area contributed by atoms with Gasteiger partial charge in [-0.15, -0.1) is 0 Å². The number of allylic oxidation sites excluding steroid dienone is 1. The first-order valence-corrected chi connectivity index (χ1v) is 10.1. The lowest BCUT2D eigenvalue weighted by molar-refractivity contribution is -0.835. The van der Waals surface area contributed by atoms with E-state index >= 15 is 0 Å². The number of aromatic nitrogens is 3. The molecule has 31 heavy (non-hydrogen) atoms. The molecule has 0 spiro atoms. The summed E-state index contributed by atoms with van der Waals surface area (Å²) in [7, 11) is 0. The maximum absolute atomic E-state index is 13.8. The van der Waals surface area contributed by atoms with Crippen LogP contribution in [0, 0.1) is 11.6 Å². The number of halogens is 2. The lowest BCUT2D eigenvalue weighted by Crippen LogP contribution is -3.03. The van der Waals surface area contributed by atoms with E-state index in [1.54, 1.807) is 12.2 Å². The van der Waals surface area contributed by atoms with Gasteiger partial charge in [-0.2, -0.15) is 4.98 Å². The van der Waals surface area contributed by atoms with E-state index in [9.17, 15) is 8.78 Å². The maximum Gasteiger partial charge on any atom is 0.242 e. The molecule has 2 unspecified atom stereocenters. The highest BCUT2D eigenvalue weighted by molar-refractivity contribution is 5.80.